The first-order valence-corrected chi connectivity index (χ1v) is 10.8. The van der Waals surface area contributed by atoms with E-state index in [-0.39, 0.29) is 27.3 Å². The molecule has 1 unspecified atom stereocenters. The predicted octanol–water partition coefficient (Wildman–Crippen LogP) is 3.59. The second-order valence-corrected chi connectivity index (χ2v) is 8.26. The molecule has 0 N–H and O–H groups in total. The minimum Gasteiger partial charge on any atom is -0.463 e. The fourth-order valence-electron chi connectivity index (χ4n) is 3.52. The molecule has 0 fully saturated rings. The van der Waals surface area contributed by atoms with Crippen molar-refractivity contribution in [2.75, 3.05) is 6.61 Å². The maximum absolute atomic E-state index is 14.3. The zero-order valence-electron chi connectivity index (χ0n) is 16.8. The molecule has 0 saturated carbocycles. The van der Waals surface area contributed by atoms with Crippen LogP contribution in [0.3, 0.4) is 0 Å². The van der Waals surface area contributed by atoms with Gasteiger partial charge in [0.05, 0.1) is 33.5 Å². The summed E-state index contributed by atoms with van der Waals surface area (Å²) in [4.78, 5) is 31.1. The van der Waals surface area contributed by atoms with Crippen LogP contribution in [0, 0.1) is 5.82 Å². The molecule has 0 amide bonds. The van der Waals surface area contributed by atoms with E-state index >= 15 is 0 Å². The number of benzene rings is 2. The number of aromatic nitrogens is 1. The number of esters is 1. The largest absolute Gasteiger partial charge is 0.463 e. The lowest BCUT2D eigenvalue weighted by Crippen LogP contribution is -2.39. The number of ether oxygens (including phenoxy) is 1. The highest BCUT2D eigenvalue weighted by Crippen LogP contribution is 2.30. The summed E-state index contributed by atoms with van der Waals surface area (Å²) in [5.41, 5.74) is 1.27. The lowest BCUT2D eigenvalue weighted by atomic mass is 9.96. The molecular formula is C23H18ClFN2O3S. The van der Waals surface area contributed by atoms with Gasteiger partial charge in [-0.2, -0.15) is 0 Å². The van der Waals surface area contributed by atoms with Gasteiger partial charge in [0.1, 0.15) is 5.82 Å². The van der Waals surface area contributed by atoms with Crippen molar-refractivity contribution in [3.05, 3.63) is 101 Å². The Bertz CT molecular complexity index is 1360. The van der Waals surface area contributed by atoms with E-state index in [2.05, 4.69) is 4.99 Å². The number of hydrogen-bond donors (Lipinski definition) is 0. The molecule has 3 aromatic rings. The van der Waals surface area contributed by atoms with Gasteiger partial charge >= 0.3 is 5.97 Å². The van der Waals surface area contributed by atoms with E-state index in [1.807, 2.05) is 30.3 Å². The second kappa shape index (κ2) is 8.61. The Morgan fingerprint density at radius 3 is 2.68 bits per heavy atom. The molecule has 4 rings (SSSR count). The van der Waals surface area contributed by atoms with E-state index in [1.54, 1.807) is 19.9 Å². The molecule has 1 aliphatic heterocycles. The van der Waals surface area contributed by atoms with Crippen molar-refractivity contribution in [1.82, 2.24) is 4.57 Å². The Morgan fingerprint density at radius 2 is 2.00 bits per heavy atom. The molecule has 158 valence electrons. The smallest absolute Gasteiger partial charge is 0.338 e. The average Bonchev–Trinajstić information content (AvgIpc) is 3.05. The maximum atomic E-state index is 14.3. The van der Waals surface area contributed by atoms with E-state index in [9.17, 15) is 14.0 Å². The first kappa shape index (κ1) is 21.2. The molecule has 1 aliphatic rings. The van der Waals surface area contributed by atoms with Crippen molar-refractivity contribution >= 4 is 35.0 Å². The number of allylic oxidation sites excluding steroid dienone is 1. The normalized spacial score (nSPS) is 16.1. The van der Waals surface area contributed by atoms with E-state index in [0.717, 1.165) is 16.9 Å². The topological polar surface area (TPSA) is 60.7 Å². The highest BCUT2D eigenvalue weighted by Gasteiger charge is 2.33. The molecule has 0 radical (unpaired) electrons. The molecule has 1 atom stereocenters. The fraction of sp³-hybridized carbons (Fsp3) is 0.174. The summed E-state index contributed by atoms with van der Waals surface area (Å²) in [6.07, 6.45) is 1.42. The second-order valence-electron chi connectivity index (χ2n) is 6.85. The number of carbonyl (C=O) groups excluding carboxylic acids is 1. The van der Waals surface area contributed by atoms with Crippen molar-refractivity contribution in [2.45, 2.75) is 19.9 Å². The number of halogens is 2. The Kier molecular flexibility index (Phi) is 5.89. The molecule has 31 heavy (non-hydrogen) atoms. The molecule has 2 aromatic carbocycles. The summed E-state index contributed by atoms with van der Waals surface area (Å²) in [7, 11) is 0. The number of carbonyl (C=O) groups is 1. The highest BCUT2D eigenvalue weighted by atomic mass is 35.5. The molecule has 5 nitrogen and oxygen atoms in total. The third kappa shape index (κ3) is 3.86. The van der Waals surface area contributed by atoms with Crippen LogP contribution < -0.4 is 14.9 Å². The zero-order chi connectivity index (χ0) is 22.1. The Balaban J connectivity index is 1.99. The molecule has 0 saturated heterocycles. The van der Waals surface area contributed by atoms with Gasteiger partial charge in [0.25, 0.3) is 5.56 Å². The van der Waals surface area contributed by atoms with Gasteiger partial charge in [-0.1, -0.05) is 59.3 Å². The van der Waals surface area contributed by atoms with Gasteiger partial charge < -0.3 is 4.74 Å². The van der Waals surface area contributed by atoms with Gasteiger partial charge in [-0.3, -0.25) is 9.36 Å². The van der Waals surface area contributed by atoms with Crippen LogP contribution in [0.4, 0.5) is 4.39 Å². The quantitative estimate of drug-likeness (QED) is 0.564. The van der Waals surface area contributed by atoms with Gasteiger partial charge in [0.15, 0.2) is 4.80 Å². The number of rotatable bonds is 4. The molecule has 1 aromatic heterocycles. The third-order valence-electron chi connectivity index (χ3n) is 4.91. The van der Waals surface area contributed by atoms with E-state index in [4.69, 9.17) is 16.3 Å². The van der Waals surface area contributed by atoms with Gasteiger partial charge in [-0.25, -0.2) is 14.2 Å². The van der Waals surface area contributed by atoms with Gasteiger partial charge in [-0.15, -0.1) is 0 Å². The molecule has 0 bridgehead atoms. The first-order valence-electron chi connectivity index (χ1n) is 9.61. The lowest BCUT2D eigenvalue weighted by molar-refractivity contribution is -0.139. The molecule has 0 spiro atoms. The zero-order valence-corrected chi connectivity index (χ0v) is 18.3. The van der Waals surface area contributed by atoms with Gasteiger partial charge in [0, 0.05) is 5.56 Å². The lowest BCUT2D eigenvalue weighted by Gasteiger charge is -2.24. The Morgan fingerprint density at radius 1 is 1.26 bits per heavy atom. The number of hydrogen-bond acceptors (Lipinski definition) is 5. The molecule has 2 heterocycles. The van der Waals surface area contributed by atoms with Crippen molar-refractivity contribution in [1.29, 1.82) is 0 Å². The number of fused-ring (bicyclic) bond motifs is 1. The van der Waals surface area contributed by atoms with Crippen LogP contribution in [0.2, 0.25) is 5.02 Å². The SMILES string of the molecule is CCOC(=O)C1=C(C)N=c2s/c(=C\c3c(F)cccc3Cl)c(=O)n2C1c1ccccc1. The van der Waals surface area contributed by atoms with Crippen LogP contribution in [-0.2, 0) is 9.53 Å². The Hall–Kier alpha value is -3.03. The van der Waals surface area contributed by atoms with Crippen molar-refractivity contribution < 1.29 is 13.9 Å². The summed E-state index contributed by atoms with van der Waals surface area (Å²) < 4.78 is 21.3. The standard InChI is InChI=1S/C23H18ClFN2O3S/c1-3-30-22(29)19-13(2)26-23-27(20(19)14-8-5-4-6-9-14)21(28)18(31-23)12-15-16(24)10-7-11-17(15)25/h4-12,20H,3H2,1-2H3/b18-12-. The van der Waals surface area contributed by atoms with Crippen LogP contribution in [0.1, 0.15) is 31.0 Å². The Labute approximate surface area is 186 Å². The van der Waals surface area contributed by atoms with E-state index in [1.165, 1.54) is 22.8 Å². The molecule has 8 heteroatoms. The number of thiazole rings is 1. The summed E-state index contributed by atoms with van der Waals surface area (Å²) in [5, 5.41) is 0.203. The van der Waals surface area contributed by atoms with Crippen LogP contribution >= 0.6 is 22.9 Å². The third-order valence-corrected chi connectivity index (χ3v) is 6.22. The maximum Gasteiger partial charge on any atom is 0.338 e. The predicted molar refractivity (Wildman–Crippen MR) is 118 cm³/mol. The highest BCUT2D eigenvalue weighted by molar-refractivity contribution is 7.07. The average molecular weight is 457 g/mol. The summed E-state index contributed by atoms with van der Waals surface area (Å²) in [5.74, 6) is -1.05. The van der Waals surface area contributed by atoms with Crippen LogP contribution in [0.25, 0.3) is 6.08 Å². The monoisotopic (exact) mass is 456 g/mol. The van der Waals surface area contributed by atoms with E-state index < -0.39 is 17.8 Å². The first-order chi connectivity index (χ1) is 14.9. The van der Waals surface area contributed by atoms with Crippen molar-refractivity contribution in [2.24, 2.45) is 4.99 Å². The van der Waals surface area contributed by atoms with Crippen LogP contribution in [-0.4, -0.2) is 17.1 Å². The fourth-order valence-corrected chi connectivity index (χ4v) is 4.77. The van der Waals surface area contributed by atoms with Crippen molar-refractivity contribution in [3.63, 3.8) is 0 Å². The molecule has 0 aliphatic carbocycles. The van der Waals surface area contributed by atoms with Gasteiger partial charge in [0.2, 0.25) is 0 Å². The van der Waals surface area contributed by atoms with Gasteiger partial charge in [-0.05, 0) is 37.6 Å². The molecular weight excluding hydrogens is 439 g/mol. The minimum absolute atomic E-state index is 0.132. The van der Waals surface area contributed by atoms with Crippen LogP contribution in [0.5, 0.6) is 0 Å². The summed E-state index contributed by atoms with van der Waals surface area (Å²) in [6.45, 7) is 3.64. The summed E-state index contributed by atoms with van der Waals surface area (Å²) in [6, 6.07) is 12.9. The van der Waals surface area contributed by atoms with Crippen molar-refractivity contribution in [3.8, 4) is 0 Å². The summed E-state index contributed by atoms with van der Waals surface area (Å²) >= 11 is 7.26. The minimum atomic E-state index is -0.699. The number of nitrogens with zero attached hydrogens (tertiary/aromatic N) is 2. The van der Waals surface area contributed by atoms with E-state index in [0.29, 0.717) is 16.1 Å². The van der Waals surface area contributed by atoms with Crippen LogP contribution in [0.15, 0.2) is 69.6 Å².